The number of rotatable bonds is 9. The smallest absolute Gasteiger partial charge is 0.326 e. The Morgan fingerprint density at radius 1 is 1.13 bits per heavy atom. The van der Waals surface area contributed by atoms with E-state index in [-0.39, 0.29) is 6.54 Å². The summed E-state index contributed by atoms with van der Waals surface area (Å²) in [6.45, 7) is 2.99. The van der Waals surface area contributed by atoms with Gasteiger partial charge in [0, 0.05) is 6.54 Å². The first-order chi connectivity index (χ1) is 14.6. The van der Waals surface area contributed by atoms with E-state index in [0.29, 0.717) is 19.3 Å². The summed E-state index contributed by atoms with van der Waals surface area (Å²) >= 11 is 0. The fourth-order valence-corrected chi connectivity index (χ4v) is 3.48. The minimum Gasteiger partial charge on any atom is -0.480 e. The Bertz CT molecular complexity index is 800. The lowest BCUT2D eigenvalue weighted by Gasteiger charge is -2.29. The average Bonchev–Trinajstić information content (AvgIpc) is 3.22. The molecule has 0 aromatic heterocycles. The number of hydrogen-bond donors (Lipinski definition) is 5. The summed E-state index contributed by atoms with van der Waals surface area (Å²) in [7, 11) is 0. The zero-order valence-electron chi connectivity index (χ0n) is 17.7. The third kappa shape index (κ3) is 6.50. The highest BCUT2D eigenvalue weighted by molar-refractivity contribution is 5.94. The van der Waals surface area contributed by atoms with Crippen LogP contribution in [0.2, 0.25) is 0 Å². The third-order valence-corrected chi connectivity index (χ3v) is 5.25. The number of nitrogens with two attached hydrogens (primary N) is 1. The lowest BCUT2D eigenvalue weighted by atomic mass is 10.1. The SMILES string of the molecule is CC(NC(=O)C(N)Cc1ccccc1)C(=O)NC(C(=O)N1CCCC1C(=O)O)C(C)O. The maximum atomic E-state index is 12.8. The van der Waals surface area contributed by atoms with E-state index >= 15 is 0 Å². The number of likely N-dealkylation sites (tertiary alicyclic amines) is 1. The van der Waals surface area contributed by atoms with Gasteiger partial charge in [-0.1, -0.05) is 30.3 Å². The van der Waals surface area contributed by atoms with Crippen molar-refractivity contribution in [2.75, 3.05) is 6.54 Å². The van der Waals surface area contributed by atoms with Gasteiger partial charge in [0.15, 0.2) is 0 Å². The fourth-order valence-electron chi connectivity index (χ4n) is 3.48. The Hall–Kier alpha value is -2.98. The van der Waals surface area contributed by atoms with Gasteiger partial charge in [0.1, 0.15) is 18.1 Å². The van der Waals surface area contributed by atoms with Crippen molar-refractivity contribution in [2.24, 2.45) is 5.73 Å². The second kappa shape index (κ2) is 10.9. The van der Waals surface area contributed by atoms with Crippen molar-refractivity contribution in [2.45, 2.75) is 63.4 Å². The molecular weight excluding hydrogens is 404 g/mol. The summed E-state index contributed by atoms with van der Waals surface area (Å²) < 4.78 is 0. The number of carboxylic acids is 1. The molecule has 1 aliphatic heterocycles. The van der Waals surface area contributed by atoms with Gasteiger partial charge in [-0.15, -0.1) is 0 Å². The van der Waals surface area contributed by atoms with Crippen LogP contribution in [0.15, 0.2) is 30.3 Å². The number of nitrogens with zero attached hydrogens (tertiary/aromatic N) is 1. The van der Waals surface area contributed by atoms with Gasteiger partial charge >= 0.3 is 5.97 Å². The van der Waals surface area contributed by atoms with Gasteiger partial charge in [0.05, 0.1) is 12.1 Å². The van der Waals surface area contributed by atoms with Crippen molar-refractivity contribution in [1.82, 2.24) is 15.5 Å². The Balaban J connectivity index is 1.96. The van der Waals surface area contributed by atoms with Crippen molar-refractivity contribution >= 4 is 23.7 Å². The zero-order chi connectivity index (χ0) is 23.1. The number of aliphatic carboxylic acids is 1. The second-order valence-corrected chi connectivity index (χ2v) is 7.78. The highest BCUT2D eigenvalue weighted by atomic mass is 16.4. The minimum atomic E-state index is -1.33. The lowest BCUT2D eigenvalue weighted by Crippen LogP contribution is -2.59. The van der Waals surface area contributed by atoms with E-state index in [2.05, 4.69) is 10.6 Å². The Kier molecular flexibility index (Phi) is 8.52. The standard InChI is InChI=1S/C21H30N4O6/c1-12(23-19(28)15(22)11-14-7-4-3-5-8-14)18(27)24-17(13(2)26)20(29)25-10-6-9-16(25)21(30)31/h3-5,7-8,12-13,15-17,26H,6,9-11,22H2,1-2H3,(H,23,28)(H,24,27)(H,30,31). The molecule has 1 heterocycles. The molecule has 0 saturated carbocycles. The molecule has 6 N–H and O–H groups in total. The summed E-state index contributed by atoms with van der Waals surface area (Å²) in [6.07, 6.45) is -0.126. The van der Waals surface area contributed by atoms with Crippen molar-refractivity contribution in [3.8, 4) is 0 Å². The monoisotopic (exact) mass is 434 g/mol. The van der Waals surface area contributed by atoms with E-state index in [1.54, 1.807) is 0 Å². The highest BCUT2D eigenvalue weighted by Gasteiger charge is 2.39. The molecule has 0 radical (unpaired) electrons. The van der Waals surface area contributed by atoms with E-state index in [1.807, 2.05) is 30.3 Å². The molecule has 3 amide bonds. The number of benzene rings is 1. The summed E-state index contributed by atoms with van der Waals surface area (Å²) in [5, 5.41) is 24.2. The normalized spacial score (nSPS) is 19.7. The maximum absolute atomic E-state index is 12.8. The first kappa shape index (κ1) is 24.3. The van der Waals surface area contributed by atoms with E-state index in [4.69, 9.17) is 5.73 Å². The molecule has 1 aliphatic rings. The molecule has 2 rings (SSSR count). The van der Waals surface area contributed by atoms with Gasteiger partial charge in [0.25, 0.3) is 0 Å². The lowest BCUT2D eigenvalue weighted by molar-refractivity contribution is -0.150. The summed E-state index contributed by atoms with van der Waals surface area (Å²) in [6, 6.07) is 4.99. The number of nitrogens with one attached hydrogen (secondary N) is 2. The van der Waals surface area contributed by atoms with E-state index < -0.39 is 54.0 Å². The van der Waals surface area contributed by atoms with E-state index in [1.165, 1.54) is 13.8 Å². The van der Waals surface area contributed by atoms with Gasteiger partial charge in [-0.2, -0.15) is 0 Å². The largest absolute Gasteiger partial charge is 0.480 e. The molecule has 10 nitrogen and oxygen atoms in total. The van der Waals surface area contributed by atoms with Gasteiger partial charge in [-0.3, -0.25) is 14.4 Å². The van der Waals surface area contributed by atoms with Gasteiger partial charge in [-0.25, -0.2) is 4.79 Å². The molecule has 10 heteroatoms. The second-order valence-electron chi connectivity index (χ2n) is 7.78. The maximum Gasteiger partial charge on any atom is 0.326 e. The van der Waals surface area contributed by atoms with Crippen molar-refractivity contribution in [1.29, 1.82) is 0 Å². The summed E-state index contributed by atoms with van der Waals surface area (Å²) in [5.41, 5.74) is 6.80. The van der Waals surface area contributed by atoms with Crippen LogP contribution in [0.5, 0.6) is 0 Å². The minimum absolute atomic E-state index is 0.232. The van der Waals surface area contributed by atoms with Gasteiger partial charge in [-0.05, 0) is 38.7 Å². The molecule has 31 heavy (non-hydrogen) atoms. The van der Waals surface area contributed by atoms with Crippen LogP contribution in [0.1, 0.15) is 32.3 Å². The summed E-state index contributed by atoms with van der Waals surface area (Å²) in [5.74, 6) is -3.02. The van der Waals surface area contributed by atoms with Crippen molar-refractivity contribution in [3.05, 3.63) is 35.9 Å². The fraction of sp³-hybridized carbons (Fsp3) is 0.524. The van der Waals surface area contributed by atoms with Crippen molar-refractivity contribution in [3.63, 3.8) is 0 Å². The first-order valence-corrected chi connectivity index (χ1v) is 10.2. The topological polar surface area (TPSA) is 162 Å². The Morgan fingerprint density at radius 3 is 2.35 bits per heavy atom. The molecule has 1 saturated heterocycles. The number of aliphatic hydroxyl groups is 1. The summed E-state index contributed by atoms with van der Waals surface area (Å²) in [4.78, 5) is 50.2. The average molecular weight is 434 g/mol. The molecule has 1 aromatic rings. The molecule has 0 spiro atoms. The quantitative estimate of drug-likeness (QED) is 0.333. The number of carboxylic acid groups (broad SMARTS) is 1. The van der Waals surface area contributed by atoms with Crippen LogP contribution in [0.25, 0.3) is 0 Å². The number of amides is 3. The van der Waals surface area contributed by atoms with Crippen LogP contribution < -0.4 is 16.4 Å². The van der Waals surface area contributed by atoms with Crippen LogP contribution in [-0.4, -0.2) is 75.6 Å². The van der Waals surface area contributed by atoms with E-state index in [9.17, 15) is 29.4 Å². The molecule has 5 unspecified atom stereocenters. The van der Waals surface area contributed by atoms with Crippen LogP contribution in [0.3, 0.4) is 0 Å². The molecule has 1 aromatic carbocycles. The molecule has 5 atom stereocenters. The number of aliphatic hydroxyl groups excluding tert-OH is 1. The highest BCUT2D eigenvalue weighted by Crippen LogP contribution is 2.19. The van der Waals surface area contributed by atoms with Crippen molar-refractivity contribution < 1.29 is 29.4 Å². The van der Waals surface area contributed by atoms with Crippen LogP contribution in [-0.2, 0) is 25.6 Å². The zero-order valence-corrected chi connectivity index (χ0v) is 17.7. The predicted octanol–water partition coefficient (Wildman–Crippen LogP) is -0.998. The predicted molar refractivity (Wildman–Crippen MR) is 112 cm³/mol. The molecule has 0 bridgehead atoms. The number of carbonyl (C=O) groups excluding carboxylic acids is 3. The van der Waals surface area contributed by atoms with E-state index in [0.717, 1.165) is 10.5 Å². The molecular formula is C21H30N4O6. The van der Waals surface area contributed by atoms with Crippen LogP contribution >= 0.6 is 0 Å². The third-order valence-electron chi connectivity index (χ3n) is 5.25. The van der Waals surface area contributed by atoms with Gasteiger partial charge < -0.3 is 31.5 Å². The van der Waals surface area contributed by atoms with Crippen LogP contribution in [0, 0.1) is 0 Å². The Labute approximate surface area is 180 Å². The Morgan fingerprint density at radius 2 is 1.77 bits per heavy atom. The number of hydrogen-bond acceptors (Lipinski definition) is 6. The number of carbonyl (C=O) groups is 4. The van der Waals surface area contributed by atoms with Gasteiger partial charge in [0.2, 0.25) is 17.7 Å². The first-order valence-electron chi connectivity index (χ1n) is 10.2. The molecule has 170 valence electrons. The molecule has 0 aliphatic carbocycles. The molecule has 1 fully saturated rings. The van der Waals surface area contributed by atoms with Crippen LogP contribution in [0.4, 0.5) is 0 Å².